The van der Waals surface area contributed by atoms with E-state index in [4.69, 9.17) is 5.73 Å². The first kappa shape index (κ1) is 11.7. The molecule has 1 aliphatic rings. The molecule has 1 fully saturated rings. The third-order valence-electron chi connectivity index (χ3n) is 4.27. The third kappa shape index (κ3) is 2.03. The summed E-state index contributed by atoms with van der Waals surface area (Å²) < 4.78 is 0. The maximum atomic E-state index is 6.41. The Bertz CT molecular complexity index is 538. The van der Waals surface area contributed by atoms with Crippen LogP contribution in [0.5, 0.6) is 0 Å². The van der Waals surface area contributed by atoms with Crippen molar-refractivity contribution in [1.82, 2.24) is 9.97 Å². The first-order chi connectivity index (χ1) is 8.56. The molecule has 2 aromatic rings. The van der Waals surface area contributed by atoms with E-state index < -0.39 is 0 Å². The van der Waals surface area contributed by atoms with E-state index >= 15 is 0 Å². The topological polar surface area (TPSA) is 54.7 Å². The fraction of sp³-hybridized carbons (Fsp3) is 0.533. The van der Waals surface area contributed by atoms with Crippen molar-refractivity contribution < 1.29 is 0 Å². The quantitative estimate of drug-likeness (QED) is 0.852. The molecule has 3 heteroatoms. The van der Waals surface area contributed by atoms with Gasteiger partial charge in [-0.15, -0.1) is 0 Å². The number of imidazole rings is 1. The van der Waals surface area contributed by atoms with Crippen LogP contribution in [0.3, 0.4) is 0 Å². The van der Waals surface area contributed by atoms with Gasteiger partial charge in [-0.3, -0.25) is 0 Å². The van der Waals surface area contributed by atoms with E-state index in [0.29, 0.717) is 0 Å². The summed E-state index contributed by atoms with van der Waals surface area (Å²) in [5.74, 6) is 1.04. The first-order valence-electron chi connectivity index (χ1n) is 6.80. The van der Waals surface area contributed by atoms with Gasteiger partial charge in [-0.2, -0.15) is 0 Å². The van der Waals surface area contributed by atoms with E-state index in [1.165, 1.54) is 24.0 Å². The van der Waals surface area contributed by atoms with Gasteiger partial charge in [-0.25, -0.2) is 4.98 Å². The SMILES string of the molecule is Cc1cc2nc(CC3(N)CCCC3)[nH]c2cc1C. The van der Waals surface area contributed by atoms with Crippen LogP contribution in [-0.4, -0.2) is 15.5 Å². The number of benzene rings is 1. The van der Waals surface area contributed by atoms with E-state index in [1.54, 1.807) is 0 Å². The van der Waals surface area contributed by atoms with Gasteiger partial charge in [0.15, 0.2) is 0 Å². The van der Waals surface area contributed by atoms with Crippen LogP contribution >= 0.6 is 0 Å². The van der Waals surface area contributed by atoms with Gasteiger partial charge in [0.1, 0.15) is 5.82 Å². The highest BCUT2D eigenvalue weighted by atomic mass is 14.9. The molecule has 0 bridgehead atoms. The van der Waals surface area contributed by atoms with Crippen LogP contribution in [0.4, 0.5) is 0 Å². The minimum absolute atomic E-state index is 0.0298. The second kappa shape index (κ2) is 4.09. The molecule has 0 spiro atoms. The predicted molar refractivity (Wildman–Crippen MR) is 74.7 cm³/mol. The van der Waals surface area contributed by atoms with Crippen molar-refractivity contribution in [2.75, 3.05) is 0 Å². The number of fused-ring (bicyclic) bond motifs is 1. The fourth-order valence-electron chi connectivity index (χ4n) is 3.00. The van der Waals surface area contributed by atoms with Crippen LogP contribution < -0.4 is 5.73 Å². The zero-order valence-electron chi connectivity index (χ0n) is 11.2. The van der Waals surface area contributed by atoms with E-state index in [-0.39, 0.29) is 5.54 Å². The normalized spacial score (nSPS) is 18.6. The molecule has 3 N–H and O–H groups in total. The fourth-order valence-corrected chi connectivity index (χ4v) is 3.00. The van der Waals surface area contributed by atoms with Crippen molar-refractivity contribution in [3.63, 3.8) is 0 Å². The molecule has 3 rings (SSSR count). The molecule has 1 heterocycles. The number of nitrogens with two attached hydrogens (primary N) is 1. The molecule has 1 aliphatic carbocycles. The number of nitrogens with one attached hydrogen (secondary N) is 1. The van der Waals surface area contributed by atoms with Crippen molar-refractivity contribution in [3.8, 4) is 0 Å². The lowest BCUT2D eigenvalue weighted by Gasteiger charge is -2.21. The summed E-state index contributed by atoms with van der Waals surface area (Å²) in [6.07, 6.45) is 5.65. The Hall–Kier alpha value is -1.35. The van der Waals surface area contributed by atoms with Gasteiger partial charge in [0.25, 0.3) is 0 Å². The van der Waals surface area contributed by atoms with Gasteiger partial charge in [-0.1, -0.05) is 12.8 Å². The van der Waals surface area contributed by atoms with Crippen molar-refractivity contribution in [3.05, 3.63) is 29.1 Å². The molecule has 0 radical (unpaired) electrons. The number of aromatic amines is 1. The summed E-state index contributed by atoms with van der Waals surface area (Å²) in [5.41, 5.74) is 11.2. The first-order valence-corrected chi connectivity index (χ1v) is 6.80. The minimum atomic E-state index is -0.0298. The summed E-state index contributed by atoms with van der Waals surface area (Å²) >= 11 is 0. The van der Waals surface area contributed by atoms with Crippen LogP contribution in [-0.2, 0) is 6.42 Å². The summed E-state index contributed by atoms with van der Waals surface area (Å²) in [6, 6.07) is 4.33. The molecular weight excluding hydrogens is 222 g/mol. The van der Waals surface area contributed by atoms with Gasteiger partial charge < -0.3 is 10.7 Å². The minimum Gasteiger partial charge on any atom is -0.342 e. The van der Waals surface area contributed by atoms with Crippen molar-refractivity contribution >= 4 is 11.0 Å². The van der Waals surface area contributed by atoms with Crippen molar-refractivity contribution in [1.29, 1.82) is 0 Å². The van der Waals surface area contributed by atoms with Gasteiger partial charge in [-0.05, 0) is 49.9 Å². The number of hydrogen-bond donors (Lipinski definition) is 2. The van der Waals surface area contributed by atoms with Crippen LogP contribution in [0.1, 0.15) is 42.6 Å². The maximum Gasteiger partial charge on any atom is 0.109 e. The van der Waals surface area contributed by atoms with E-state index in [9.17, 15) is 0 Å². The second-order valence-corrected chi connectivity index (χ2v) is 5.88. The van der Waals surface area contributed by atoms with Crippen molar-refractivity contribution in [2.24, 2.45) is 5.73 Å². The molecule has 18 heavy (non-hydrogen) atoms. The lowest BCUT2D eigenvalue weighted by molar-refractivity contribution is 0.428. The molecule has 0 amide bonds. The average Bonchev–Trinajstić information content (AvgIpc) is 2.86. The molecule has 3 nitrogen and oxygen atoms in total. The highest BCUT2D eigenvalue weighted by molar-refractivity contribution is 5.77. The lowest BCUT2D eigenvalue weighted by Crippen LogP contribution is -2.39. The summed E-state index contributed by atoms with van der Waals surface area (Å²) in [4.78, 5) is 8.11. The lowest BCUT2D eigenvalue weighted by atomic mass is 9.94. The van der Waals surface area contributed by atoms with Crippen LogP contribution in [0.25, 0.3) is 11.0 Å². The molecule has 96 valence electrons. The summed E-state index contributed by atoms with van der Waals surface area (Å²) in [5, 5.41) is 0. The zero-order chi connectivity index (χ0) is 12.8. The molecule has 0 saturated heterocycles. The van der Waals surface area contributed by atoms with Gasteiger partial charge >= 0.3 is 0 Å². The van der Waals surface area contributed by atoms with Crippen molar-refractivity contribution in [2.45, 2.75) is 51.5 Å². The number of aryl methyl sites for hydroxylation is 2. The summed E-state index contributed by atoms with van der Waals surface area (Å²) in [7, 11) is 0. The Labute approximate surface area is 108 Å². The Morgan fingerprint density at radius 2 is 1.89 bits per heavy atom. The largest absolute Gasteiger partial charge is 0.342 e. The van der Waals surface area contributed by atoms with E-state index in [1.807, 2.05) is 0 Å². The molecular formula is C15H21N3. The number of hydrogen-bond acceptors (Lipinski definition) is 2. The Balaban J connectivity index is 1.93. The average molecular weight is 243 g/mol. The highest BCUT2D eigenvalue weighted by Gasteiger charge is 2.30. The number of aromatic nitrogens is 2. The monoisotopic (exact) mass is 243 g/mol. The van der Waals surface area contributed by atoms with Crippen LogP contribution in [0, 0.1) is 13.8 Å². The molecule has 0 unspecified atom stereocenters. The maximum absolute atomic E-state index is 6.41. The van der Waals surface area contributed by atoms with Gasteiger partial charge in [0.05, 0.1) is 11.0 Å². The standard InChI is InChI=1S/C15H21N3/c1-10-7-12-13(8-11(10)2)18-14(17-12)9-15(16)5-3-4-6-15/h7-8H,3-6,9,16H2,1-2H3,(H,17,18). The molecule has 0 aliphatic heterocycles. The Morgan fingerprint density at radius 1 is 1.22 bits per heavy atom. The number of nitrogens with zero attached hydrogens (tertiary/aromatic N) is 1. The molecule has 1 aromatic carbocycles. The molecule has 0 atom stereocenters. The highest BCUT2D eigenvalue weighted by Crippen LogP contribution is 2.30. The van der Waals surface area contributed by atoms with E-state index in [2.05, 4.69) is 35.9 Å². The Kier molecular flexibility index (Phi) is 2.67. The second-order valence-electron chi connectivity index (χ2n) is 5.88. The zero-order valence-corrected chi connectivity index (χ0v) is 11.2. The van der Waals surface area contributed by atoms with Crippen LogP contribution in [0.15, 0.2) is 12.1 Å². The van der Waals surface area contributed by atoms with E-state index in [0.717, 1.165) is 36.1 Å². The van der Waals surface area contributed by atoms with Gasteiger partial charge in [0.2, 0.25) is 0 Å². The van der Waals surface area contributed by atoms with Crippen LogP contribution in [0.2, 0.25) is 0 Å². The molecule has 1 aromatic heterocycles. The predicted octanol–water partition coefficient (Wildman–Crippen LogP) is 2.99. The third-order valence-corrected chi connectivity index (χ3v) is 4.27. The molecule has 1 saturated carbocycles. The van der Waals surface area contributed by atoms with Gasteiger partial charge in [0, 0.05) is 12.0 Å². The number of H-pyrrole nitrogens is 1. The smallest absolute Gasteiger partial charge is 0.109 e. The Morgan fingerprint density at radius 3 is 2.61 bits per heavy atom. The summed E-state index contributed by atoms with van der Waals surface area (Å²) in [6.45, 7) is 4.27. The number of rotatable bonds is 2.